The first-order valence-corrected chi connectivity index (χ1v) is 5.50. The molecule has 0 radical (unpaired) electrons. The maximum absolute atomic E-state index is 11.6. The molecule has 0 aliphatic carbocycles. The third kappa shape index (κ3) is 3.76. The van der Waals surface area contributed by atoms with Crippen LogP contribution in [0.1, 0.15) is 30.8 Å². The summed E-state index contributed by atoms with van der Waals surface area (Å²) in [5, 5.41) is 3.02. The second kappa shape index (κ2) is 4.90. The van der Waals surface area contributed by atoms with Crippen molar-refractivity contribution in [1.82, 2.24) is 5.32 Å². The first-order chi connectivity index (χ1) is 6.94. The standard InChI is InChI=1S/C10H13Cl2NO2/c1-10(2,5-6-11)13-9(14)7-3-4-8(12)15-7/h3-4H,5-6H2,1-2H3,(H,13,14). The number of carbonyl (C=O) groups excluding carboxylic acids is 1. The zero-order valence-electron chi connectivity index (χ0n) is 8.64. The Morgan fingerprint density at radius 3 is 2.67 bits per heavy atom. The monoisotopic (exact) mass is 249 g/mol. The number of rotatable bonds is 4. The van der Waals surface area contributed by atoms with Crippen LogP contribution in [0, 0.1) is 0 Å². The average molecular weight is 250 g/mol. The summed E-state index contributed by atoms with van der Waals surface area (Å²) in [4.78, 5) is 11.6. The first kappa shape index (κ1) is 12.4. The van der Waals surface area contributed by atoms with Gasteiger partial charge < -0.3 is 9.73 Å². The van der Waals surface area contributed by atoms with Crippen molar-refractivity contribution in [3.05, 3.63) is 23.1 Å². The number of alkyl halides is 1. The molecule has 0 saturated heterocycles. The number of hydrogen-bond donors (Lipinski definition) is 1. The lowest BCUT2D eigenvalue weighted by Gasteiger charge is -2.24. The fourth-order valence-electron chi connectivity index (χ4n) is 1.10. The van der Waals surface area contributed by atoms with E-state index < -0.39 is 0 Å². The van der Waals surface area contributed by atoms with Gasteiger partial charge in [-0.2, -0.15) is 0 Å². The van der Waals surface area contributed by atoms with Crippen LogP contribution in [-0.4, -0.2) is 17.3 Å². The Hall–Kier alpha value is -0.670. The van der Waals surface area contributed by atoms with Crippen LogP contribution in [0.3, 0.4) is 0 Å². The van der Waals surface area contributed by atoms with Gasteiger partial charge in [-0.05, 0) is 44.0 Å². The fraction of sp³-hybridized carbons (Fsp3) is 0.500. The van der Waals surface area contributed by atoms with Crippen molar-refractivity contribution in [2.45, 2.75) is 25.8 Å². The maximum atomic E-state index is 11.6. The molecule has 1 amide bonds. The molecule has 5 heteroatoms. The zero-order valence-corrected chi connectivity index (χ0v) is 10.2. The van der Waals surface area contributed by atoms with Crippen molar-refractivity contribution in [3.63, 3.8) is 0 Å². The Morgan fingerprint density at radius 2 is 2.20 bits per heavy atom. The van der Waals surface area contributed by atoms with E-state index in [1.165, 1.54) is 12.1 Å². The van der Waals surface area contributed by atoms with Crippen LogP contribution in [0.15, 0.2) is 16.5 Å². The molecule has 1 aromatic heterocycles. The van der Waals surface area contributed by atoms with Crippen molar-refractivity contribution in [2.75, 3.05) is 5.88 Å². The highest BCUT2D eigenvalue weighted by Gasteiger charge is 2.22. The molecule has 1 heterocycles. The number of nitrogens with one attached hydrogen (secondary N) is 1. The maximum Gasteiger partial charge on any atom is 0.287 e. The molecule has 1 rings (SSSR count). The van der Waals surface area contributed by atoms with Gasteiger partial charge >= 0.3 is 0 Å². The Balaban J connectivity index is 2.63. The van der Waals surface area contributed by atoms with Gasteiger partial charge in [0.2, 0.25) is 0 Å². The van der Waals surface area contributed by atoms with E-state index in [1.807, 2.05) is 13.8 Å². The van der Waals surface area contributed by atoms with Crippen LogP contribution in [0.2, 0.25) is 5.22 Å². The number of amides is 1. The first-order valence-electron chi connectivity index (χ1n) is 4.58. The molecule has 0 fully saturated rings. The smallest absolute Gasteiger partial charge is 0.287 e. The van der Waals surface area contributed by atoms with E-state index >= 15 is 0 Å². The number of halogens is 2. The zero-order chi connectivity index (χ0) is 11.5. The van der Waals surface area contributed by atoms with Gasteiger partial charge in [-0.1, -0.05) is 0 Å². The van der Waals surface area contributed by atoms with Gasteiger partial charge in [0.15, 0.2) is 11.0 Å². The largest absolute Gasteiger partial charge is 0.440 e. The third-order valence-electron chi connectivity index (χ3n) is 1.97. The minimum Gasteiger partial charge on any atom is -0.440 e. The second-order valence-corrected chi connectivity index (χ2v) is 4.63. The topological polar surface area (TPSA) is 42.2 Å². The summed E-state index contributed by atoms with van der Waals surface area (Å²) in [7, 11) is 0. The summed E-state index contributed by atoms with van der Waals surface area (Å²) in [6.07, 6.45) is 0.689. The Morgan fingerprint density at radius 1 is 1.53 bits per heavy atom. The van der Waals surface area contributed by atoms with E-state index in [-0.39, 0.29) is 22.4 Å². The van der Waals surface area contributed by atoms with Crippen LogP contribution in [-0.2, 0) is 0 Å². The lowest BCUT2D eigenvalue weighted by atomic mass is 10.0. The number of furan rings is 1. The fourth-order valence-corrected chi connectivity index (χ4v) is 1.72. The van der Waals surface area contributed by atoms with Crippen molar-refractivity contribution in [2.24, 2.45) is 0 Å². The van der Waals surface area contributed by atoms with E-state index in [2.05, 4.69) is 5.32 Å². The van der Waals surface area contributed by atoms with Gasteiger partial charge in [0, 0.05) is 11.4 Å². The summed E-state index contributed by atoms with van der Waals surface area (Å²) >= 11 is 11.2. The van der Waals surface area contributed by atoms with Crippen molar-refractivity contribution in [3.8, 4) is 0 Å². The molecule has 15 heavy (non-hydrogen) atoms. The van der Waals surface area contributed by atoms with Crippen LogP contribution in [0.4, 0.5) is 0 Å². The van der Waals surface area contributed by atoms with Crippen molar-refractivity contribution in [1.29, 1.82) is 0 Å². The van der Waals surface area contributed by atoms with Gasteiger partial charge in [-0.3, -0.25) is 4.79 Å². The minimum absolute atomic E-state index is 0.204. The van der Waals surface area contributed by atoms with Crippen molar-refractivity contribution < 1.29 is 9.21 Å². The number of carbonyl (C=O) groups is 1. The molecule has 0 saturated carbocycles. The van der Waals surface area contributed by atoms with Gasteiger partial charge in [-0.25, -0.2) is 0 Å². The molecule has 0 aromatic carbocycles. The second-order valence-electron chi connectivity index (χ2n) is 3.88. The summed E-state index contributed by atoms with van der Waals surface area (Å²) in [5.41, 5.74) is -0.349. The van der Waals surface area contributed by atoms with Crippen LogP contribution < -0.4 is 5.32 Å². The van der Waals surface area contributed by atoms with Crippen LogP contribution >= 0.6 is 23.2 Å². The van der Waals surface area contributed by atoms with Crippen LogP contribution in [0.25, 0.3) is 0 Å². The molecule has 0 aliphatic rings. The average Bonchev–Trinajstić information content (AvgIpc) is 2.50. The third-order valence-corrected chi connectivity index (χ3v) is 2.36. The molecule has 84 valence electrons. The number of hydrogen-bond acceptors (Lipinski definition) is 2. The highest BCUT2D eigenvalue weighted by molar-refractivity contribution is 6.29. The minimum atomic E-state index is -0.349. The molecule has 0 spiro atoms. The molecule has 0 atom stereocenters. The molecule has 0 bridgehead atoms. The summed E-state index contributed by atoms with van der Waals surface area (Å²) in [5.74, 6) is 0.422. The summed E-state index contributed by atoms with van der Waals surface area (Å²) < 4.78 is 4.99. The Kier molecular flexibility index (Phi) is 4.05. The predicted octanol–water partition coefficient (Wildman–Crippen LogP) is 3.07. The Bertz CT molecular complexity index is 347. The quantitative estimate of drug-likeness (QED) is 0.834. The predicted molar refractivity (Wildman–Crippen MR) is 60.6 cm³/mol. The highest BCUT2D eigenvalue weighted by atomic mass is 35.5. The lowest BCUT2D eigenvalue weighted by molar-refractivity contribution is 0.0883. The Labute approximate surface area is 98.7 Å². The summed E-state index contributed by atoms with van der Waals surface area (Å²) in [6, 6.07) is 3.07. The molecular formula is C10H13Cl2NO2. The summed E-state index contributed by atoms with van der Waals surface area (Å²) in [6.45, 7) is 3.80. The van der Waals surface area contributed by atoms with Crippen LogP contribution in [0.5, 0.6) is 0 Å². The van der Waals surface area contributed by atoms with Gasteiger partial charge in [0.25, 0.3) is 5.91 Å². The molecule has 0 aliphatic heterocycles. The van der Waals surface area contributed by atoms with E-state index in [0.717, 1.165) is 0 Å². The van der Waals surface area contributed by atoms with E-state index in [9.17, 15) is 4.79 Å². The van der Waals surface area contributed by atoms with Gasteiger partial charge in [0.05, 0.1) is 0 Å². The van der Waals surface area contributed by atoms with Gasteiger partial charge in [-0.15, -0.1) is 11.6 Å². The van der Waals surface area contributed by atoms with E-state index in [1.54, 1.807) is 0 Å². The highest BCUT2D eigenvalue weighted by Crippen LogP contribution is 2.15. The molecule has 1 aromatic rings. The normalized spacial score (nSPS) is 11.5. The molecule has 3 nitrogen and oxygen atoms in total. The molecule has 0 unspecified atom stereocenters. The van der Waals surface area contributed by atoms with Gasteiger partial charge in [0.1, 0.15) is 0 Å². The van der Waals surface area contributed by atoms with E-state index in [0.29, 0.717) is 12.3 Å². The van der Waals surface area contributed by atoms with Crippen molar-refractivity contribution >= 4 is 29.1 Å². The van der Waals surface area contributed by atoms with E-state index in [4.69, 9.17) is 27.6 Å². The molecular weight excluding hydrogens is 237 g/mol. The SMILES string of the molecule is CC(C)(CCCl)NC(=O)c1ccc(Cl)o1. The lowest BCUT2D eigenvalue weighted by Crippen LogP contribution is -2.43. The molecule has 1 N–H and O–H groups in total.